The van der Waals surface area contributed by atoms with Gasteiger partial charge in [-0.25, -0.2) is 9.37 Å². The topological polar surface area (TPSA) is 63.1 Å². The zero-order valence-electron chi connectivity index (χ0n) is 16.4. The van der Waals surface area contributed by atoms with E-state index in [1.54, 1.807) is 35.3 Å². The number of nitrogens with one attached hydrogen (secondary N) is 1. The van der Waals surface area contributed by atoms with Gasteiger partial charge in [-0.05, 0) is 48.1 Å². The molecule has 0 bridgehead atoms. The number of hydrogen-bond acceptors (Lipinski definition) is 4. The van der Waals surface area contributed by atoms with Crippen LogP contribution in [0.3, 0.4) is 0 Å². The lowest BCUT2D eigenvalue weighted by Gasteiger charge is -2.17. The van der Waals surface area contributed by atoms with Gasteiger partial charge in [-0.2, -0.15) is 5.10 Å². The molecule has 0 aliphatic heterocycles. The zero-order valence-corrected chi connectivity index (χ0v) is 16.4. The lowest BCUT2D eigenvalue weighted by Crippen LogP contribution is -2.21. The van der Waals surface area contributed by atoms with Gasteiger partial charge < -0.3 is 10.2 Å². The van der Waals surface area contributed by atoms with Crippen LogP contribution in [0.25, 0.3) is 0 Å². The molecule has 0 atom stereocenters. The van der Waals surface area contributed by atoms with E-state index in [2.05, 4.69) is 27.3 Å². The van der Waals surface area contributed by atoms with Crippen molar-refractivity contribution in [3.8, 4) is 0 Å². The second-order valence-electron chi connectivity index (χ2n) is 7.60. The third-order valence-electron chi connectivity index (χ3n) is 4.96. The molecule has 3 aromatic rings. The molecule has 1 saturated carbocycles. The maximum atomic E-state index is 13.0. The maximum absolute atomic E-state index is 13.0. The van der Waals surface area contributed by atoms with Crippen molar-refractivity contribution < 1.29 is 9.18 Å². The average Bonchev–Trinajstić information content (AvgIpc) is 3.42. The number of carbonyl (C=O) groups excluding carboxylic acids is 1. The van der Waals surface area contributed by atoms with Gasteiger partial charge in [0.25, 0.3) is 0 Å². The van der Waals surface area contributed by atoms with Crippen LogP contribution in [-0.4, -0.2) is 34.3 Å². The Hall–Kier alpha value is -3.22. The van der Waals surface area contributed by atoms with Gasteiger partial charge in [-0.15, -0.1) is 0 Å². The third-order valence-corrected chi connectivity index (χ3v) is 4.96. The number of halogens is 1. The lowest BCUT2D eigenvalue weighted by molar-refractivity contribution is -0.115. The van der Waals surface area contributed by atoms with Gasteiger partial charge in [0, 0.05) is 32.1 Å². The van der Waals surface area contributed by atoms with Crippen LogP contribution < -0.4 is 10.2 Å². The van der Waals surface area contributed by atoms with Crippen molar-refractivity contribution in [1.82, 2.24) is 14.8 Å². The van der Waals surface area contributed by atoms with Gasteiger partial charge in [0.05, 0.1) is 13.0 Å². The minimum atomic E-state index is -0.265. The summed E-state index contributed by atoms with van der Waals surface area (Å²) in [5, 5.41) is 7.16. The van der Waals surface area contributed by atoms with Gasteiger partial charge >= 0.3 is 0 Å². The Bertz CT molecular complexity index is 964. The summed E-state index contributed by atoms with van der Waals surface area (Å²) in [5.74, 6) is 1.82. The van der Waals surface area contributed by atoms with Crippen LogP contribution in [0.5, 0.6) is 0 Å². The molecule has 1 fully saturated rings. The molecule has 0 spiro atoms. The second-order valence-corrected chi connectivity index (χ2v) is 7.60. The predicted octanol–water partition coefficient (Wildman–Crippen LogP) is 3.49. The molecule has 2 heterocycles. The van der Waals surface area contributed by atoms with Crippen LogP contribution in [0.2, 0.25) is 0 Å². The highest BCUT2D eigenvalue weighted by Crippen LogP contribution is 2.30. The summed E-state index contributed by atoms with van der Waals surface area (Å²) in [4.78, 5) is 19.0. The first kappa shape index (κ1) is 19.1. The van der Waals surface area contributed by atoms with Crippen LogP contribution in [0.4, 0.5) is 16.0 Å². The molecule has 1 aliphatic carbocycles. The highest BCUT2D eigenvalue weighted by atomic mass is 19.1. The summed E-state index contributed by atoms with van der Waals surface area (Å²) >= 11 is 0. The number of hydrogen-bond donors (Lipinski definition) is 1. The lowest BCUT2D eigenvalue weighted by atomic mass is 10.2. The Kier molecular flexibility index (Phi) is 5.55. The van der Waals surface area contributed by atoms with E-state index < -0.39 is 0 Å². The van der Waals surface area contributed by atoms with Crippen molar-refractivity contribution in [2.75, 3.05) is 23.8 Å². The first-order valence-corrected chi connectivity index (χ1v) is 9.79. The first-order chi connectivity index (χ1) is 14.0. The van der Waals surface area contributed by atoms with E-state index in [0.29, 0.717) is 12.4 Å². The van der Waals surface area contributed by atoms with Gasteiger partial charge in [0.1, 0.15) is 11.6 Å². The van der Waals surface area contributed by atoms with E-state index in [1.165, 1.54) is 25.0 Å². The number of aromatic nitrogens is 3. The molecule has 7 heteroatoms. The van der Waals surface area contributed by atoms with Crippen molar-refractivity contribution >= 4 is 17.5 Å². The molecule has 1 amide bonds. The van der Waals surface area contributed by atoms with Crippen LogP contribution in [0, 0.1) is 11.7 Å². The van der Waals surface area contributed by atoms with Crippen LogP contribution in [-0.2, 0) is 17.8 Å². The highest BCUT2D eigenvalue weighted by Gasteiger charge is 2.23. The fourth-order valence-corrected chi connectivity index (χ4v) is 3.19. The summed E-state index contributed by atoms with van der Waals surface area (Å²) in [5.41, 5.74) is 1.79. The number of pyridine rings is 1. The molecule has 29 heavy (non-hydrogen) atoms. The molecule has 0 radical (unpaired) electrons. The molecule has 6 nitrogen and oxygen atoms in total. The Labute approximate surface area is 169 Å². The molecule has 4 rings (SSSR count). The molecule has 0 saturated heterocycles. The molecule has 150 valence electrons. The minimum absolute atomic E-state index is 0.141. The number of carbonyl (C=O) groups is 1. The molecule has 0 unspecified atom stereocenters. The van der Waals surface area contributed by atoms with Gasteiger partial charge in [0.15, 0.2) is 5.82 Å². The van der Waals surface area contributed by atoms with Crippen molar-refractivity contribution in [2.24, 2.45) is 5.92 Å². The number of nitrogens with zero attached hydrogens (tertiary/aromatic N) is 4. The highest BCUT2D eigenvalue weighted by molar-refractivity contribution is 5.91. The maximum Gasteiger partial charge on any atom is 0.230 e. The van der Waals surface area contributed by atoms with Crippen molar-refractivity contribution in [1.29, 1.82) is 0 Å². The molecular formula is C22H24FN5O. The van der Waals surface area contributed by atoms with Crippen molar-refractivity contribution in [3.05, 3.63) is 71.8 Å². The van der Waals surface area contributed by atoms with E-state index in [1.807, 2.05) is 12.1 Å². The first-order valence-electron chi connectivity index (χ1n) is 9.79. The Morgan fingerprint density at radius 1 is 1.17 bits per heavy atom. The van der Waals surface area contributed by atoms with Gasteiger partial charge in [0.2, 0.25) is 5.91 Å². The predicted molar refractivity (Wildman–Crippen MR) is 110 cm³/mol. The number of benzene rings is 1. The molecule has 1 aliphatic rings. The number of rotatable bonds is 8. The fraction of sp³-hybridized carbons (Fsp3) is 0.318. The fourth-order valence-electron chi connectivity index (χ4n) is 3.19. The Morgan fingerprint density at radius 2 is 1.93 bits per heavy atom. The molecule has 2 aromatic heterocycles. The van der Waals surface area contributed by atoms with Crippen LogP contribution in [0.1, 0.15) is 24.0 Å². The normalized spacial score (nSPS) is 13.3. The van der Waals surface area contributed by atoms with E-state index >= 15 is 0 Å². The second kappa shape index (κ2) is 8.43. The molecule has 1 aromatic carbocycles. The number of amides is 1. The third kappa shape index (κ3) is 5.40. The SMILES string of the molecule is CN(CC1CC1)c1ccc(CC(=O)Nc2ccn(Cc3ccc(F)cc3)n2)cn1. The van der Waals surface area contributed by atoms with Gasteiger partial charge in [-0.3, -0.25) is 9.48 Å². The van der Waals surface area contributed by atoms with E-state index in [4.69, 9.17) is 0 Å². The Balaban J connectivity index is 1.29. The number of anilines is 2. The summed E-state index contributed by atoms with van der Waals surface area (Å²) in [7, 11) is 2.05. The van der Waals surface area contributed by atoms with Crippen molar-refractivity contribution in [3.63, 3.8) is 0 Å². The smallest absolute Gasteiger partial charge is 0.230 e. The van der Waals surface area contributed by atoms with E-state index in [9.17, 15) is 9.18 Å². The summed E-state index contributed by atoms with van der Waals surface area (Å²) in [6.45, 7) is 1.54. The average molecular weight is 393 g/mol. The summed E-state index contributed by atoms with van der Waals surface area (Å²) in [6, 6.07) is 11.9. The zero-order chi connectivity index (χ0) is 20.2. The Morgan fingerprint density at radius 3 is 2.62 bits per heavy atom. The molecule has 1 N–H and O–H groups in total. The molecular weight excluding hydrogens is 369 g/mol. The van der Waals surface area contributed by atoms with E-state index in [-0.39, 0.29) is 18.1 Å². The minimum Gasteiger partial charge on any atom is -0.359 e. The van der Waals surface area contributed by atoms with Crippen molar-refractivity contribution in [2.45, 2.75) is 25.8 Å². The summed E-state index contributed by atoms with van der Waals surface area (Å²) < 4.78 is 14.7. The van der Waals surface area contributed by atoms with Crippen LogP contribution in [0.15, 0.2) is 54.9 Å². The standard InChI is InChI=1S/C22H24FN5O/c1-27(14-16-2-3-16)21-9-6-18(13-24-21)12-22(29)25-20-10-11-28(26-20)15-17-4-7-19(23)8-5-17/h4-11,13,16H,2-3,12,14-15H2,1H3,(H,25,26,29). The van der Waals surface area contributed by atoms with Gasteiger partial charge in [-0.1, -0.05) is 18.2 Å². The quantitative estimate of drug-likeness (QED) is 0.636. The van der Waals surface area contributed by atoms with E-state index in [0.717, 1.165) is 29.4 Å². The largest absolute Gasteiger partial charge is 0.359 e. The summed E-state index contributed by atoms with van der Waals surface area (Å²) in [6.07, 6.45) is 6.39. The van der Waals surface area contributed by atoms with Crippen LogP contribution >= 0.6 is 0 Å². The monoisotopic (exact) mass is 393 g/mol.